The minimum atomic E-state index is -3.09. The Kier molecular flexibility index (Phi) is 6.05. The molecule has 1 saturated carbocycles. The van der Waals surface area contributed by atoms with Gasteiger partial charge in [-0.25, -0.2) is 4.98 Å². The lowest BCUT2D eigenvalue weighted by molar-refractivity contribution is -0.149. The first-order chi connectivity index (χ1) is 14.1. The van der Waals surface area contributed by atoms with Crippen LogP contribution in [0.3, 0.4) is 0 Å². The number of halogens is 2. The number of carbonyl (C=O) groups is 2. The van der Waals surface area contributed by atoms with E-state index in [2.05, 4.69) is 15.0 Å². The molecule has 0 atom stereocenters. The molecule has 3 rings (SSSR count). The van der Waals surface area contributed by atoms with E-state index in [4.69, 9.17) is 0 Å². The van der Waals surface area contributed by atoms with Gasteiger partial charge in [-0.2, -0.15) is 8.78 Å². The number of aromatic nitrogens is 1. The Morgan fingerprint density at radius 1 is 1.20 bits per heavy atom. The van der Waals surface area contributed by atoms with Crippen LogP contribution in [0, 0.1) is 12.8 Å². The Balaban J connectivity index is 1.99. The van der Waals surface area contributed by atoms with Crippen molar-refractivity contribution in [2.24, 2.45) is 5.92 Å². The molecule has 0 aliphatic heterocycles. The first kappa shape index (κ1) is 21.7. The number of anilines is 1. The molecule has 0 spiro atoms. The van der Waals surface area contributed by atoms with Gasteiger partial charge in [0, 0.05) is 5.69 Å². The van der Waals surface area contributed by atoms with Crippen LogP contribution in [-0.4, -0.2) is 28.6 Å². The molecule has 0 saturated heterocycles. The van der Waals surface area contributed by atoms with Gasteiger partial charge in [0.05, 0.1) is 11.3 Å². The molecule has 0 radical (unpaired) electrons. The van der Waals surface area contributed by atoms with Crippen LogP contribution in [0.4, 0.5) is 14.5 Å². The number of pyridine rings is 1. The summed E-state index contributed by atoms with van der Waals surface area (Å²) in [4.78, 5) is 28.8. The second kappa shape index (κ2) is 8.38. The second-order valence-corrected chi connectivity index (χ2v) is 7.91. The van der Waals surface area contributed by atoms with Crippen LogP contribution in [0.5, 0.6) is 5.88 Å². The minimum Gasteiger partial charge on any atom is -0.481 e. The maximum absolute atomic E-state index is 13.4. The Labute approximate surface area is 173 Å². The average Bonchev–Trinajstić information content (AvgIpc) is 2.62. The lowest BCUT2D eigenvalue weighted by Gasteiger charge is -2.46. The van der Waals surface area contributed by atoms with E-state index in [0.717, 1.165) is 11.1 Å². The summed E-state index contributed by atoms with van der Waals surface area (Å²) in [5, 5.41) is 12.0. The third kappa shape index (κ3) is 4.13. The number of carboxylic acid groups (broad SMARTS) is 1. The molecular weight excluding hydrogens is 394 g/mol. The number of benzene rings is 1. The van der Waals surface area contributed by atoms with E-state index in [0.29, 0.717) is 5.69 Å². The molecule has 6 nitrogen and oxygen atoms in total. The third-order valence-electron chi connectivity index (χ3n) is 5.52. The van der Waals surface area contributed by atoms with Crippen molar-refractivity contribution >= 4 is 17.6 Å². The number of carboxylic acids is 1. The van der Waals surface area contributed by atoms with Gasteiger partial charge in [0.15, 0.2) is 0 Å². The number of ether oxygens (including phenoxy) is 1. The summed E-state index contributed by atoms with van der Waals surface area (Å²) in [7, 11) is 0. The predicted molar refractivity (Wildman–Crippen MR) is 107 cm³/mol. The summed E-state index contributed by atoms with van der Waals surface area (Å²) in [6.07, 6.45) is 0.254. The highest BCUT2D eigenvalue weighted by Crippen LogP contribution is 2.51. The minimum absolute atomic E-state index is 0.0195. The molecule has 8 heteroatoms. The maximum Gasteiger partial charge on any atom is 0.388 e. The predicted octanol–water partition coefficient (Wildman–Crippen LogP) is 4.49. The summed E-state index contributed by atoms with van der Waals surface area (Å²) in [5.74, 6) is -2.32. The standard InChI is InChI=1S/C22H24F2N2O4/c1-12(2)15-6-4-5-7-16(15)22(10-14(11-22)19(27)28)20(29)26-17-9-8-13(3)25-18(17)30-21(23)24/h4-9,12,14,21H,10-11H2,1-3H3,(H,26,29)(H,27,28). The Hall–Kier alpha value is -3.03. The Bertz CT molecular complexity index is 956. The van der Waals surface area contributed by atoms with Crippen molar-refractivity contribution < 1.29 is 28.2 Å². The van der Waals surface area contributed by atoms with Crippen molar-refractivity contribution in [3.63, 3.8) is 0 Å². The Morgan fingerprint density at radius 3 is 2.47 bits per heavy atom. The molecule has 1 aromatic heterocycles. The van der Waals surface area contributed by atoms with Gasteiger partial charge in [-0.15, -0.1) is 0 Å². The second-order valence-electron chi connectivity index (χ2n) is 7.91. The fourth-order valence-electron chi connectivity index (χ4n) is 3.96. The van der Waals surface area contributed by atoms with Gasteiger partial charge in [0.25, 0.3) is 0 Å². The summed E-state index contributed by atoms with van der Waals surface area (Å²) >= 11 is 0. The molecule has 1 amide bonds. The largest absolute Gasteiger partial charge is 0.481 e. The van der Waals surface area contributed by atoms with E-state index >= 15 is 0 Å². The number of aliphatic carboxylic acids is 1. The van der Waals surface area contributed by atoms with Crippen LogP contribution >= 0.6 is 0 Å². The highest BCUT2D eigenvalue weighted by atomic mass is 19.3. The Morgan fingerprint density at radius 2 is 1.87 bits per heavy atom. The van der Waals surface area contributed by atoms with Gasteiger partial charge in [-0.3, -0.25) is 9.59 Å². The van der Waals surface area contributed by atoms with Crippen LogP contribution in [0.1, 0.15) is 49.4 Å². The van der Waals surface area contributed by atoms with Crippen LogP contribution in [0.15, 0.2) is 36.4 Å². The van der Waals surface area contributed by atoms with E-state index in [9.17, 15) is 23.5 Å². The smallest absolute Gasteiger partial charge is 0.388 e. The zero-order valence-corrected chi connectivity index (χ0v) is 17.0. The molecule has 1 aromatic carbocycles. The van der Waals surface area contributed by atoms with Crippen molar-refractivity contribution in [2.45, 2.75) is 51.6 Å². The fourth-order valence-corrected chi connectivity index (χ4v) is 3.96. The van der Waals surface area contributed by atoms with Crippen molar-refractivity contribution in [1.29, 1.82) is 0 Å². The molecule has 0 unspecified atom stereocenters. The van der Waals surface area contributed by atoms with Crippen molar-refractivity contribution in [2.75, 3.05) is 5.32 Å². The number of hydrogen-bond acceptors (Lipinski definition) is 4. The molecular formula is C22H24F2N2O4. The van der Waals surface area contributed by atoms with E-state index in [1.165, 1.54) is 6.07 Å². The molecule has 0 bridgehead atoms. The third-order valence-corrected chi connectivity index (χ3v) is 5.52. The van der Waals surface area contributed by atoms with Gasteiger partial charge in [0.1, 0.15) is 5.69 Å². The van der Waals surface area contributed by atoms with Gasteiger partial charge in [0.2, 0.25) is 11.8 Å². The van der Waals surface area contributed by atoms with Crippen molar-refractivity contribution in [1.82, 2.24) is 4.98 Å². The molecule has 2 aromatic rings. The molecule has 1 aliphatic carbocycles. The number of amides is 1. The normalized spacial score (nSPS) is 20.7. The molecule has 30 heavy (non-hydrogen) atoms. The number of carbonyl (C=O) groups excluding carboxylic acids is 1. The first-order valence-electron chi connectivity index (χ1n) is 9.70. The molecule has 160 valence electrons. The summed E-state index contributed by atoms with van der Waals surface area (Å²) in [6, 6.07) is 10.5. The number of nitrogens with one attached hydrogen (secondary N) is 1. The molecule has 2 N–H and O–H groups in total. The van der Waals surface area contributed by atoms with E-state index < -0.39 is 29.8 Å². The van der Waals surface area contributed by atoms with Gasteiger partial charge >= 0.3 is 12.6 Å². The molecule has 1 heterocycles. The summed E-state index contributed by atoms with van der Waals surface area (Å²) in [5.41, 5.74) is 1.11. The lowest BCUT2D eigenvalue weighted by atomic mass is 9.56. The summed E-state index contributed by atoms with van der Waals surface area (Å²) < 4.78 is 30.0. The van der Waals surface area contributed by atoms with Crippen LogP contribution < -0.4 is 10.1 Å². The lowest BCUT2D eigenvalue weighted by Crippen LogP contribution is -2.53. The number of hydrogen-bond donors (Lipinski definition) is 2. The van der Waals surface area contributed by atoms with Gasteiger partial charge in [-0.05, 0) is 48.9 Å². The van der Waals surface area contributed by atoms with Gasteiger partial charge in [-0.1, -0.05) is 38.1 Å². The number of nitrogens with zero attached hydrogens (tertiary/aromatic N) is 1. The summed E-state index contributed by atoms with van der Waals surface area (Å²) in [6.45, 7) is 2.52. The number of alkyl halides is 2. The SMILES string of the molecule is Cc1ccc(NC(=O)C2(c3ccccc3C(C)C)CC(C(=O)O)C2)c(OC(F)F)n1. The van der Waals surface area contributed by atoms with E-state index in [1.807, 2.05) is 38.1 Å². The van der Waals surface area contributed by atoms with Crippen LogP contribution in [0.2, 0.25) is 0 Å². The topological polar surface area (TPSA) is 88.5 Å². The maximum atomic E-state index is 13.4. The van der Waals surface area contributed by atoms with Gasteiger partial charge < -0.3 is 15.2 Å². The highest BCUT2D eigenvalue weighted by molar-refractivity contribution is 6.02. The van der Waals surface area contributed by atoms with Crippen LogP contribution in [0.25, 0.3) is 0 Å². The highest BCUT2D eigenvalue weighted by Gasteiger charge is 2.54. The average molecular weight is 418 g/mol. The first-order valence-corrected chi connectivity index (χ1v) is 9.70. The van der Waals surface area contributed by atoms with E-state index in [-0.39, 0.29) is 30.3 Å². The number of aryl methyl sites for hydroxylation is 1. The fraction of sp³-hybridized carbons (Fsp3) is 0.409. The number of rotatable bonds is 7. The van der Waals surface area contributed by atoms with E-state index in [1.54, 1.807) is 13.0 Å². The van der Waals surface area contributed by atoms with Crippen molar-refractivity contribution in [3.8, 4) is 5.88 Å². The van der Waals surface area contributed by atoms with Crippen molar-refractivity contribution in [3.05, 3.63) is 53.2 Å². The molecule has 1 fully saturated rings. The zero-order valence-electron chi connectivity index (χ0n) is 17.0. The monoisotopic (exact) mass is 418 g/mol. The zero-order chi connectivity index (χ0) is 22.1. The molecule has 1 aliphatic rings. The quantitative estimate of drug-likeness (QED) is 0.692. The van der Waals surface area contributed by atoms with Crippen LogP contribution in [-0.2, 0) is 15.0 Å².